The molecule has 1 amide bonds. The predicted octanol–water partition coefficient (Wildman–Crippen LogP) is 4.52. The SMILES string of the molecule is C=CCn1c(SC(C)C(=O)N2CCC(C)CC2)nnc1-c1ccc(Cl)cc1. The Morgan fingerprint density at radius 3 is 2.63 bits per heavy atom. The first-order chi connectivity index (χ1) is 13.0. The van der Waals surface area contributed by atoms with Crippen LogP contribution >= 0.6 is 23.4 Å². The first kappa shape index (κ1) is 20.0. The topological polar surface area (TPSA) is 51.0 Å². The van der Waals surface area contributed by atoms with Gasteiger partial charge < -0.3 is 4.90 Å². The van der Waals surface area contributed by atoms with Crippen LogP contribution in [-0.4, -0.2) is 43.9 Å². The van der Waals surface area contributed by atoms with Gasteiger partial charge in [0, 0.05) is 30.2 Å². The van der Waals surface area contributed by atoms with Gasteiger partial charge in [0.2, 0.25) is 5.91 Å². The van der Waals surface area contributed by atoms with Gasteiger partial charge in [0.1, 0.15) is 0 Å². The van der Waals surface area contributed by atoms with E-state index in [1.165, 1.54) is 11.8 Å². The lowest BCUT2D eigenvalue weighted by Crippen LogP contribution is -2.41. The van der Waals surface area contributed by atoms with Gasteiger partial charge in [-0.05, 0) is 49.9 Å². The van der Waals surface area contributed by atoms with E-state index in [1.54, 1.807) is 0 Å². The van der Waals surface area contributed by atoms with Crippen molar-refractivity contribution in [1.82, 2.24) is 19.7 Å². The number of nitrogens with zero attached hydrogens (tertiary/aromatic N) is 4. The van der Waals surface area contributed by atoms with Gasteiger partial charge in [-0.2, -0.15) is 0 Å². The van der Waals surface area contributed by atoms with Crippen LogP contribution in [0.5, 0.6) is 0 Å². The molecule has 0 N–H and O–H groups in total. The molecule has 5 nitrogen and oxygen atoms in total. The average Bonchev–Trinajstić information content (AvgIpc) is 3.05. The third-order valence-corrected chi connectivity index (χ3v) is 6.18. The van der Waals surface area contributed by atoms with Crippen molar-refractivity contribution in [3.63, 3.8) is 0 Å². The molecule has 0 radical (unpaired) electrons. The average molecular weight is 405 g/mol. The molecule has 7 heteroatoms. The van der Waals surface area contributed by atoms with Gasteiger partial charge in [-0.1, -0.05) is 36.4 Å². The summed E-state index contributed by atoms with van der Waals surface area (Å²) in [5, 5.41) is 9.89. The number of carbonyl (C=O) groups excluding carboxylic acids is 1. The molecule has 1 aliphatic heterocycles. The van der Waals surface area contributed by atoms with Crippen LogP contribution in [-0.2, 0) is 11.3 Å². The van der Waals surface area contributed by atoms with Gasteiger partial charge in [0.25, 0.3) is 0 Å². The van der Waals surface area contributed by atoms with Crippen molar-refractivity contribution in [1.29, 1.82) is 0 Å². The first-order valence-corrected chi connectivity index (χ1v) is 10.5. The summed E-state index contributed by atoms with van der Waals surface area (Å²) in [6.45, 7) is 10.3. The molecule has 0 spiro atoms. The monoisotopic (exact) mass is 404 g/mol. The predicted molar refractivity (Wildman–Crippen MR) is 111 cm³/mol. The minimum absolute atomic E-state index is 0.174. The number of halogens is 1. The Morgan fingerprint density at radius 2 is 2.00 bits per heavy atom. The number of rotatable bonds is 6. The fraction of sp³-hybridized carbons (Fsp3) is 0.450. The summed E-state index contributed by atoms with van der Waals surface area (Å²) in [6, 6.07) is 7.51. The van der Waals surface area contributed by atoms with Crippen LogP contribution in [0.2, 0.25) is 5.02 Å². The van der Waals surface area contributed by atoms with Crippen LogP contribution < -0.4 is 0 Å². The number of piperidine rings is 1. The summed E-state index contributed by atoms with van der Waals surface area (Å²) in [7, 11) is 0. The van der Waals surface area contributed by atoms with Gasteiger partial charge in [-0.25, -0.2) is 0 Å². The Kier molecular flexibility index (Phi) is 6.60. The molecular formula is C20H25ClN4OS. The van der Waals surface area contributed by atoms with Crippen LogP contribution in [0, 0.1) is 5.92 Å². The largest absolute Gasteiger partial charge is 0.342 e. The summed E-state index contributed by atoms with van der Waals surface area (Å²) in [5.41, 5.74) is 0.935. The highest BCUT2D eigenvalue weighted by atomic mass is 35.5. The Bertz CT molecular complexity index is 797. The van der Waals surface area contributed by atoms with E-state index in [0.717, 1.165) is 42.5 Å². The van der Waals surface area contributed by atoms with Crippen LogP contribution in [0.1, 0.15) is 26.7 Å². The number of benzene rings is 1. The summed E-state index contributed by atoms with van der Waals surface area (Å²) >= 11 is 7.44. The standard InChI is InChI=1S/C20H25ClN4OS/c1-4-11-25-18(16-5-7-17(21)8-6-16)22-23-20(25)27-15(3)19(26)24-12-9-14(2)10-13-24/h4-8,14-15H,1,9-13H2,2-3H3. The number of hydrogen-bond acceptors (Lipinski definition) is 4. The van der Waals surface area contributed by atoms with Crippen LogP contribution in [0.15, 0.2) is 42.1 Å². The zero-order valence-electron chi connectivity index (χ0n) is 15.8. The van der Waals surface area contributed by atoms with Crippen LogP contribution in [0.25, 0.3) is 11.4 Å². The van der Waals surface area contributed by atoms with Gasteiger partial charge >= 0.3 is 0 Å². The highest BCUT2D eigenvalue weighted by Gasteiger charge is 2.27. The Balaban J connectivity index is 1.77. The summed E-state index contributed by atoms with van der Waals surface area (Å²) in [4.78, 5) is 14.8. The second kappa shape index (κ2) is 8.93. The number of likely N-dealkylation sites (tertiary alicyclic amines) is 1. The van der Waals surface area contributed by atoms with E-state index in [4.69, 9.17) is 11.6 Å². The van der Waals surface area contributed by atoms with E-state index in [9.17, 15) is 4.79 Å². The van der Waals surface area contributed by atoms with Crippen molar-refractivity contribution in [2.45, 2.75) is 43.6 Å². The molecule has 1 aromatic carbocycles. The molecular weight excluding hydrogens is 380 g/mol. The van der Waals surface area contributed by atoms with Crippen molar-refractivity contribution in [3.8, 4) is 11.4 Å². The molecule has 144 valence electrons. The maximum Gasteiger partial charge on any atom is 0.235 e. The van der Waals surface area contributed by atoms with Crippen LogP contribution in [0.4, 0.5) is 0 Å². The molecule has 2 aromatic rings. The molecule has 0 saturated carbocycles. The minimum Gasteiger partial charge on any atom is -0.342 e. The number of allylic oxidation sites excluding steroid dienone is 1. The van der Waals surface area contributed by atoms with Crippen molar-refractivity contribution in [2.75, 3.05) is 13.1 Å². The second-order valence-electron chi connectivity index (χ2n) is 6.98. The van der Waals surface area contributed by atoms with E-state index in [1.807, 2.05) is 46.7 Å². The molecule has 27 heavy (non-hydrogen) atoms. The summed E-state index contributed by atoms with van der Waals surface area (Å²) in [5.74, 6) is 1.63. The quantitative estimate of drug-likeness (QED) is 0.524. The van der Waals surface area contributed by atoms with Crippen molar-refractivity contribution < 1.29 is 4.79 Å². The lowest BCUT2D eigenvalue weighted by atomic mass is 9.99. The Labute approximate surface area is 169 Å². The highest BCUT2D eigenvalue weighted by molar-refractivity contribution is 8.00. The van der Waals surface area contributed by atoms with E-state index in [0.29, 0.717) is 17.5 Å². The van der Waals surface area contributed by atoms with Crippen molar-refractivity contribution >= 4 is 29.3 Å². The maximum absolute atomic E-state index is 12.8. The van der Waals surface area contributed by atoms with Gasteiger partial charge in [-0.15, -0.1) is 16.8 Å². The summed E-state index contributed by atoms with van der Waals surface area (Å²) < 4.78 is 1.99. The zero-order chi connectivity index (χ0) is 19.4. The highest BCUT2D eigenvalue weighted by Crippen LogP contribution is 2.29. The number of carbonyl (C=O) groups is 1. The number of aromatic nitrogens is 3. The van der Waals surface area contributed by atoms with Crippen molar-refractivity contribution in [3.05, 3.63) is 41.9 Å². The molecule has 3 rings (SSSR count). The molecule has 2 heterocycles. The fourth-order valence-electron chi connectivity index (χ4n) is 3.18. The molecule has 1 unspecified atom stereocenters. The number of hydrogen-bond donors (Lipinski definition) is 0. The third-order valence-electron chi connectivity index (χ3n) is 4.86. The van der Waals surface area contributed by atoms with Gasteiger partial charge in [-0.3, -0.25) is 9.36 Å². The van der Waals surface area contributed by atoms with Gasteiger partial charge in [0.05, 0.1) is 5.25 Å². The van der Waals surface area contributed by atoms with Crippen molar-refractivity contribution in [2.24, 2.45) is 5.92 Å². The third kappa shape index (κ3) is 4.74. The van der Waals surface area contributed by atoms with E-state index < -0.39 is 0 Å². The van der Waals surface area contributed by atoms with E-state index in [2.05, 4.69) is 23.7 Å². The molecule has 1 saturated heterocycles. The first-order valence-electron chi connectivity index (χ1n) is 9.25. The normalized spacial score (nSPS) is 16.3. The summed E-state index contributed by atoms with van der Waals surface area (Å²) in [6.07, 6.45) is 3.97. The lowest BCUT2D eigenvalue weighted by Gasteiger charge is -2.31. The minimum atomic E-state index is -0.204. The molecule has 1 fully saturated rings. The molecule has 1 atom stereocenters. The molecule has 0 aliphatic carbocycles. The number of amides is 1. The maximum atomic E-state index is 12.8. The Morgan fingerprint density at radius 1 is 1.33 bits per heavy atom. The molecule has 1 aliphatic rings. The van der Waals surface area contributed by atoms with E-state index in [-0.39, 0.29) is 11.2 Å². The second-order valence-corrected chi connectivity index (χ2v) is 8.72. The smallest absolute Gasteiger partial charge is 0.235 e. The fourth-order valence-corrected chi connectivity index (χ4v) is 4.24. The lowest BCUT2D eigenvalue weighted by molar-refractivity contribution is -0.131. The van der Waals surface area contributed by atoms with E-state index >= 15 is 0 Å². The molecule has 0 bridgehead atoms. The van der Waals surface area contributed by atoms with Gasteiger partial charge in [0.15, 0.2) is 11.0 Å². The zero-order valence-corrected chi connectivity index (χ0v) is 17.3. The number of thioether (sulfide) groups is 1. The van der Waals surface area contributed by atoms with Crippen LogP contribution in [0.3, 0.4) is 0 Å². The molecule has 1 aromatic heterocycles. The Hall–Kier alpha value is -1.79.